The summed E-state index contributed by atoms with van der Waals surface area (Å²) in [6.07, 6.45) is 0. The summed E-state index contributed by atoms with van der Waals surface area (Å²) in [4.78, 5) is 0. The Hall–Kier alpha value is -2.16. The molecule has 0 amide bonds. The molecule has 0 heterocycles. The highest BCUT2D eigenvalue weighted by molar-refractivity contribution is 5.68. The number of nitrogens with one attached hydrogen (secondary N) is 1. The third kappa shape index (κ3) is 2.65. The van der Waals surface area contributed by atoms with Gasteiger partial charge in [-0.05, 0) is 67.8 Å². The quantitative estimate of drug-likeness (QED) is 0.814. The van der Waals surface area contributed by atoms with Gasteiger partial charge in [0.1, 0.15) is 11.5 Å². The Morgan fingerprint density at radius 1 is 1.00 bits per heavy atom. The molecule has 0 fully saturated rings. The van der Waals surface area contributed by atoms with Gasteiger partial charge in [-0.3, -0.25) is 0 Å². The van der Waals surface area contributed by atoms with Crippen molar-refractivity contribution in [2.24, 2.45) is 0 Å². The number of aryl methyl sites for hydroxylation is 1. The zero-order valence-electron chi connectivity index (χ0n) is 11.7. The summed E-state index contributed by atoms with van der Waals surface area (Å²) in [5.41, 5.74) is 4.85. The van der Waals surface area contributed by atoms with E-state index < -0.39 is 0 Å². The average Bonchev–Trinajstić information content (AvgIpc) is 2.43. The summed E-state index contributed by atoms with van der Waals surface area (Å²) >= 11 is 0. The lowest BCUT2D eigenvalue weighted by Gasteiger charge is -2.15. The number of ether oxygens (including phenoxy) is 1. The van der Waals surface area contributed by atoms with Crippen LogP contribution in [0, 0.1) is 20.8 Å². The number of anilines is 2. The van der Waals surface area contributed by atoms with E-state index >= 15 is 0 Å². The smallest absolute Gasteiger partial charge is 0.121 e. The van der Waals surface area contributed by atoms with E-state index in [4.69, 9.17) is 4.74 Å². The van der Waals surface area contributed by atoms with Crippen LogP contribution in [-0.4, -0.2) is 12.2 Å². The average molecular weight is 257 g/mol. The van der Waals surface area contributed by atoms with Crippen molar-refractivity contribution in [2.45, 2.75) is 20.8 Å². The fourth-order valence-electron chi connectivity index (χ4n) is 2.03. The number of phenols is 1. The summed E-state index contributed by atoms with van der Waals surface area (Å²) < 4.78 is 5.14. The highest BCUT2D eigenvalue weighted by Crippen LogP contribution is 2.32. The maximum Gasteiger partial charge on any atom is 0.121 e. The maximum absolute atomic E-state index is 9.90. The molecule has 3 nitrogen and oxygen atoms in total. The first kappa shape index (κ1) is 13.3. The Labute approximate surface area is 113 Å². The van der Waals surface area contributed by atoms with Gasteiger partial charge in [-0.25, -0.2) is 0 Å². The first-order valence-electron chi connectivity index (χ1n) is 6.23. The third-order valence-corrected chi connectivity index (χ3v) is 3.43. The summed E-state index contributed by atoms with van der Waals surface area (Å²) in [7, 11) is 1.65. The fourth-order valence-corrected chi connectivity index (χ4v) is 2.03. The molecule has 2 N–H and O–H groups in total. The second-order valence-corrected chi connectivity index (χ2v) is 4.69. The van der Waals surface area contributed by atoms with Crippen LogP contribution in [-0.2, 0) is 0 Å². The monoisotopic (exact) mass is 257 g/mol. The topological polar surface area (TPSA) is 41.5 Å². The van der Waals surface area contributed by atoms with E-state index in [0.717, 1.165) is 33.8 Å². The van der Waals surface area contributed by atoms with E-state index in [-0.39, 0.29) is 0 Å². The molecule has 0 aromatic heterocycles. The minimum absolute atomic E-state index is 0.373. The predicted octanol–water partition coefficient (Wildman–Crippen LogP) is 4.07. The number of benzene rings is 2. The van der Waals surface area contributed by atoms with Gasteiger partial charge in [-0.1, -0.05) is 0 Å². The second kappa shape index (κ2) is 5.22. The van der Waals surface area contributed by atoms with Crippen molar-refractivity contribution in [3.8, 4) is 11.5 Å². The standard InChI is InChI=1S/C16H19NO2/c1-10-9-15(11(2)12(3)16(10)18)17-13-5-7-14(19-4)8-6-13/h5-9,17-18H,1-4H3. The fraction of sp³-hybridized carbons (Fsp3) is 0.250. The molecule has 2 aromatic rings. The first-order chi connectivity index (χ1) is 9.02. The molecular weight excluding hydrogens is 238 g/mol. The lowest BCUT2D eigenvalue weighted by molar-refractivity contribution is 0.415. The Kier molecular flexibility index (Phi) is 3.65. The van der Waals surface area contributed by atoms with Crippen LogP contribution < -0.4 is 10.1 Å². The normalized spacial score (nSPS) is 10.3. The summed E-state index contributed by atoms with van der Waals surface area (Å²) in [5.74, 6) is 1.21. The molecule has 0 aliphatic carbocycles. The zero-order chi connectivity index (χ0) is 14.0. The van der Waals surface area contributed by atoms with Gasteiger partial charge in [0.15, 0.2) is 0 Å². The van der Waals surface area contributed by atoms with Crippen molar-refractivity contribution < 1.29 is 9.84 Å². The van der Waals surface area contributed by atoms with Crippen molar-refractivity contribution in [3.05, 3.63) is 47.0 Å². The number of methoxy groups -OCH3 is 1. The van der Waals surface area contributed by atoms with Gasteiger partial charge in [0.05, 0.1) is 7.11 Å². The van der Waals surface area contributed by atoms with Gasteiger partial charge in [-0.2, -0.15) is 0 Å². The van der Waals surface area contributed by atoms with Crippen molar-refractivity contribution in [1.82, 2.24) is 0 Å². The van der Waals surface area contributed by atoms with Gasteiger partial charge < -0.3 is 15.2 Å². The second-order valence-electron chi connectivity index (χ2n) is 4.69. The molecule has 0 aliphatic rings. The van der Waals surface area contributed by atoms with Crippen molar-refractivity contribution in [3.63, 3.8) is 0 Å². The molecule has 2 rings (SSSR count). The minimum Gasteiger partial charge on any atom is -0.507 e. The SMILES string of the molecule is COc1ccc(Nc2cc(C)c(O)c(C)c2C)cc1. The van der Waals surface area contributed by atoms with Gasteiger partial charge in [0.2, 0.25) is 0 Å². The van der Waals surface area contributed by atoms with Gasteiger partial charge in [-0.15, -0.1) is 0 Å². The van der Waals surface area contributed by atoms with Crippen LogP contribution in [0.2, 0.25) is 0 Å². The van der Waals surface area contributed by atoms with E-state index in [1.807, 2.05) is 51.1 Å². The molecule has 0 spiro atoms. The Bertz CT molecular complexity index is 589. The molecular formula is C16H19NO2. The van der Waals surface area contributed by atoms with Crippen LogP contribution in [0.15, 0.2) is 30.3 Å². The van der Waals surface area contributed by atoms with Crippen molar-refractivity contribution in [2.75, 3.05) is 12.4 Å². The molecule has 0 atom stereocenters. The predicted molar refractivity (Wildman–Crippen MR) is 78.6 cm³/mol. The maximum atomic E-state index is 9.90. The molecule has 0 aliphatic heterocycles. The van der Waals surface area contributed by atoms with Gasteiger partial charge in [0, 0.05) is 11.4 Å². The van der Waals surface area contributed by atoms with E-state index in [1.165, 1.54) is 0 Å². The highest BCUT2D eigenvalue weighted by Gasteiger charge is 2.09. The molecule has 0 saturated carbocycles. The van der Waals surface area contributed by atoms with Crippen LogP contribution in [0.3, 0.4) is 0 Å². The van der Waals surface area contributed by atoms with Crippen LogP contribution in [0.5, 0.6) is 11.5 Å². The first-order valence-corrected chi connectivity index (χ1v) is 6.23. The minimum atomic E-state index is 0.373. The number of aromatic hydroxyl groups is 1. The number of rotatable bonds is 3. The van der Waals surface area contributed by atoms with Crippen LogP contribution in [0.4, 0.5) is 11.4 Å². The molecule has 0 radical (unpaired) electrons. The summed E-state index contributed by atoms with van der Waals surface area (Å²) in [6.45, 7) is 5.83. The summed E-state index contributed by atoms with van der Waals surface area (Å²) in [5, 5.41) is 13.3. The van der Waals surface area contributed by atoms with Crippen LogP contribution in [0.25, 0.3) is 0 Å². The zero-order valence-corrected chi connectivity index (χ0v) is 11.7. The molecule has 0 unspecified atom stereocenters. The number of phenolic OH excluding ortho intramolecular Hbond substituents is 1. The van der Waals surface area contributed by atoms with Crippen molar-refractivity contribution >= 4 is 11.4 Å². The molecule has 0 bridgehead atoms. The molecule has 2 aromatic carbocycles. The van der Waals surface area contributed by atoms with E-state index in [9.17, 15) is 5.11 Å². The van der Waals surface area contributed by atoms with E-state index in [2.05, 4.69) is 5.32 Å². The van der Waals surface area contributed by atoms with Crippen LogP contribution >= 0.6 is 0 Å². The van der Waals surface area contributed by atoms with Gasteiger partial charge >= 0.3 is 0 Å². The number of hydrogen-bond acceptors (Lipinski definition) is 3. The Morgan fingerprint density at radius 2 is 1.63 bits per heavy atom. The molecule has 19 heavy (non-hydrogen) atoms. The number of hydrogen-bond donors (Lipinski definition) is 2. The van der Waals surface area contributed by atoms with Crippen LogP contribution in [0.1, 0.15) is 16.7 Å². The lowest BCUT2D eigenvalue weighted by Crippen LogP contribution is -1.97. The Morgan fingerprint density at radius 3 is 2.21 bits per heavy atom. The van der Waals surface area contributed by atoms with E-state index in [0.29, 0.717) is 5.75 Å². The third-order valence-electron chi connectivity index (χ3n) is 3.43. The summed E-state index contributed by atoms with van der Waals surface area (Å²) in [6, 6.07) is 9.73. The molecule has 100 valence electrons. The molecule has 3 heteroatoms. The van der Waals surface area contributed by atoms with E-state index in [1.54, 1.807) is 7.11 Å². The largest absolute Gasteiger partial charge is 0.507 e. The Balaban J connectivity index is 2.32. The van der Waals surface area contributed by atoms with Gasteiger partial charge in [0.25, 0.3) is 0 Å². The lowest BCUT2D eigenvalue weighted by atomic mass is 10.0. The molecule has 0 saturated heterocycles. The van der Waals surface area contributed by atoms with Crippen molar-refractivity contribution in [1.29, 1.82) is 0 Å². The highest BCUT2D eigenvalue weighted by atomic mass is 16.5.